The first kappa shape index (κ1) is 23.0. The molecule has 0 aliphatic heterocycles. The Bertz CT molecular complexity index is 1890. The third kappa shape index (κ3) is 4.32. The van der Waals surface area contributed by atoms with Crippen LogP contribution in [-0.4, -0.2) is 9.97 Å². The molecule has 7 rings (SSSR count). The molecule has 0 radical (unpaired) electrons. The molecule has 4 heteroatoms. The van der Waals surface area contributed by atoms with E-state index in [-0.39, 0.29) is 0 Å². The molecule has 0 aliphatic rings. The molecular weight excluding hydrogens is 501 g/mol. The minimum atomic E-state index is 0.844. The normalized spacial score (nSPS) is 12.3. The molecule has 0 aliphatic carbocycles. The van der Waals surface area contributed by atoms with Crippen LogP contribution < -0.4 is 0 Å². The maximum absolute atomic E-state index is 4.60. The van der Waals surface area contributed by atoms with Crippen LogP contribution in [0.25, 0.3) is 64.6 Å². The van der Waals surface area contributed by atoms with E-state index in [1.807, 2.05) is 47.2 Å². The molecule has 0 unspecified atom stereocenters. The smallest absolute Gasteiger partial charge is 0.0813 e. The topological polar surface area (TPSA) is 25.8 Å². The number of benzene rings is 4. The summed E-state index contributed by atoms with van der Waals surface area (Å²) in [7, 11) is 0. The molecule has 0 N–H and O–H groups in total. The van der Waals surface area contributed by atoms with Gasteiger partial charge in [0.2, 0.25) is 0 Å². The van der Waals surface area contributed by atoms with E-state index in [1.165, 1.54) is 62.6 Å². The first-order valence-corrected chi connectivity index (χ1v) is 14.3. The highest BCUT2D eigenvalue weighted by Gasteiger charge is 2.06. The molecule has 38 heavy (non-hydrogen) atoms. The van der Waals surface area contributed by atoms with Crippen molar-refractivity contribution in [2.24, 2.45) is 0 Å². The zero-order valence-corrected chi connectivity index (χ0v) is 22.7. The van der Waals surface area contributed by atoms with Crippen molar-refractivity contribution in [1.29, 1.82) is 0 Å². The van der Waals surface area contributed by atoms with Gasteiger partial charge in [-0.05, 0) is 72.5 Å². The molecule has 2 nitrogen and oxygen atoms in total. The summed E-state index contributed by atoms with van der Waals surface area (Å²) >= 11 is 3.70. The summed E-state index contributed by atoms with van der Waals surface area (Å²) in [6.45, 7) is 4.29. The Kier molecular flexibility index (Phi) is 5.65. The number of thiophene rings is 2. The number of nitrogens with zero attached hydrogens (tertiary/aromatic N) is 2. The Balaban J connectivity index is 1.08. The molecule has 0 amide bonds. The van der Waals surface area contributed by atoms with E-state index in [4.69, 9.17) is 0 Å². The van der Waals surface area contributed by atoms with Crippen molar-refractivity contribution in [3.63, 3.8) is 0 Å². The molecule has 0 saturated heterocycles. The van der Waals surface area contributed by atoms with Crippen molar-refractivity contribution in [1.82, 2.24) is 9.97 Å². The molecule has 3 heterocycles. The van der Waals surface area contributed by atoms with Crippen LogP contribution in [0.3, 0.4) is 0 Å². The van der Waals surface area contributed by atoms with Gasteiger partial charge in [-0.2, -0.15) is 0 Å². The van der Waals surface area contributed by atoms with Gasteiger partial charge in [0.15, 0.2) is 0 Å². The number of hydrogen-bond donors (Lipinski definition) is 0. The van der Waals surface area contributed by atoms with Crippen molar-refractivity contribution < 1.29 is 0 Å². The molecule has 4 aromatic carbocycles. The molecule has 182 valence electrons. The van der Waals surface area contributed by atoms with Crippen LogP contribution in [0.4, 0.5) is 0 Å². The SMILES string of the molecule is Cc1ccc2c(c1)sc1cc(C=Cc3cnc(C=Cc4ccc5c(c4)sc4cc(C)ccc45)cn3)ccc12. The number of aryl methyl sites for hydroxylation is 2. The van der Waals surface area contributed by atoms with Crippen LogP contribution in [-0.2, 0) is 0 Å². The van der Waals surface area contributed by atoms with E-state index in [2.05, 4.69) is 109 Å². The van der Waals surface area contributed by atoms with E-state index in [1.54, 1.807) is 0 Å². The van der Waals surface area contributed by atoms with Crippen LogP contribution in [0.2, 0.25) is 0 Å². The largest absolute Gasteiger partial charge is 0.253 e. The van der Waals surface area contributed by atoms with Gasteiger partial charge >= 0.3 is 0 Å². The number of aromatic nitrogens is 2. The molecular formula is C34H24N2S2. The third-order valence-electron chi connectivity index (χ3n) is 6.89. The average molecular weight is 525 g/mol. The van der Waals surface area contributed by atoms with Crippen molar-refractivity contribution in [3.8, 4) is 0 Å². The Hall–Kier alpha value is -4.12. The highest BCUT2D eigenvalue weighted by atomic mass is 32.1. The van der Waals surface area contributed by atoms with Gasteiger partial charge in [0.25, 0.3) is 0 Å². The molecule has 0 atom stereocenters. The van der Waals surface area contributed by atoms with Crippen molar-refractivity contribution >= 4 is 87.3 Å². The minimum Gasteiger partial charge on any atom is -0.253 e. The Morgan fingerprint density at radius 1 is 0.474 bits per heavy atom. The molecule has 0 bridgehead atoms. The van der Waals surface area contributed by atoms with Crippen LogP contribution in [0, 0.1) is 13.8 Å². The lowest BCUT2D eigenvalue weighted by Gasteiger charge is -1.98. The third-order valence-corrected chi connectivity index (χ3v) is 9.12. The van der Waals surface area contributed by atoms with Gasteiger partial charge < -0.3 is 0 Å². The highest BCUT2D eigenvalue weighted by molar-refractivity contribution is 7.26. The number of rotatable bonds is 4. The fourth-order valence-electron chi connectivity index (χ4n) is 4.89. The van der Waals surface area contributed by atoms with E-state index in [9.17, 15) is 0 Å². The molecule has 0 spiro atoms. The fourth-order valence-corrected chi connectivity index (χ4v) is 7.40. The van der Waals surface area contributed by atoms with Gasteiger partial charge in [-0.3, -0.25) is 9.97 Å². The lowest BCUT2D eigenvalue weighted by Crippen LogP contribution is -1.86. The van der Waals surface area contributed by atoms with Gasteiger partial charge in [0, 0.05) is 40.3 Å². The lowest BCUT2D eigenvalue weighted by atomic mass is 10.1. The monoisotopic (exact) mass is 524 g/mol. The summed E-state index contributed by atoms with van der Waals surface area (Å²) in [5.74, 6) is 0. The molecule has 3 aromatic heterocycles. The second-order valence-corrected chi connectivity index (χ2v) is 11.9. The fraction of sp³-hybridized carbons (Fsp3) is 0.0588. The zero-order valence-electron chi connectivity index (χ0n) is 21.1. The van der Waals surface area contributed by atoms with E-state index in [0.717, 1.165) is 11.4 Å². The van der Waals surface area contributed by atoms with Gasteiger partial charge in [-0.15, -0.1) is 22.7 Å². The highest BCUT2D eigenvalue weighted by Crippen LogP contribution is 2.36. The summed E-state index contributed by atoms with van der Waals surface area (Å²) in [6.07, 6.45) is 11.9. The van der Waals surface area contributed by atoms with Crippen LogP contribution in [0.1, 0.15) is 33.6 Å². The Labute approximate surface area is 229 Å². The lowest BCUT2D eigenvalue weighted by molar-refractivity contribution is 1.16. The summed E-state index contributed by atoms with van der Waals surface area (Å²) < 4.78 is 5.30. The minimum absolute atomic E-state index is 0.844. The van der Waals surface area contributed by atoms with Crippen LogP contribution >= 0.6 is 22.7 Å². The van der Waals surface area contributed by atoms with Gasteiger partial charge in [0.05, 0.1) is 23.8 Å². The van der Waals surface area contributed by atoms with Gasteiger partial charge in [-0.1, -0.05) is 60.7 Å². The number of fused-ring (bicyclic) bond motifs is 6. The van der Waals surface area contributed by atoms with Crippen molar-refractivity contribution in [2.75, 3.05) is 0 Å². The maximum Gasteiger partial charge on any atom is 0.0813 e. The summed E-state index contributed by atoms with van der Waals surface area (Å²) in [5, 5.41) is 5.30. The first-order valence-electron chi connectivity index (χ1n) is 12.6. The standard InChI is InChI=1S/C34H24N2S2/c1-21-3-11-27-29-13-7-23(17-33(29)37-31(27)15-21)5-9-25-19-36-26(20-35-25)10-6-24-8-14-30-28-12-4-22(2)16-32(28)38-34(30)18-24/h3-20H,1-2H3. The number of hydrogen-bond acceptors (Lipinski definition) is 4. The quantitative estimate of drug-likeness (QED) is 0.229. The molecule has 0 fully saturated rings. The summed E-state index contributed by atoms with van der Waals surface area (Å²) in [6, 6.07) is 26.7. The van der Waals surface area contributed by atoms with E-state index in [0.29, 0.717) is 0 Å². The van der Waals surface area contributed by atoms with Crippen LogP contribution in [0.15, 0.2) is 85.2 Å². The first-order chi connectivity index (χ1) is 18.6. The van der Waals surface area contributed by atoms with Crippen molar-refractivity contribution in [2.45, 2.75) is 13.8 Å². The average Bonchev–Trinajstić information content (AvgIpc) is 3.47. The second kappa shape index (κ2) is 9.32. The van der Waals surface area contributed by atoms with Crippen molar-refractivity contribution in [3.05, 3.63) is 119 Å². The molecule has 0 saturated carbocycles. The van der Waals surface area contributed by atoms with Gasteiger partial charge in [-0.25, -0.2) is 0 Å². The van der Waals surface area contributed by atoms with E-state index >= 15 is 0 Å². The van der Waals surface area contributed by atoms with Gasteiger partial charge in [0.1, 0.15) is 0 Å². The van der Waals surface area contributed by atoms with Crippen LogP contribution in [0.5, 0.6) is 0 Å². The summed E-state index contributed by atoms with van der Waals surface area (Å²) in [5.41, 5.74) is 6.62. The second-order valence-electron chi connectivity index (χ2n) is 9.75. The predicted octanol–water partition coefficient (Wildman–Crippen LogP) is 10.2. The molecule has 7 aromatic rings. The zero-order chi connectivity index (χ0) is 25.6. The Morgan fingerprint density at radius 2 is 0.868 bits per heavy atom. The summed E-state index contributed by atoms with van der Waals surface area (Å²) in [4.78, 5) is 9.21. The maximum atomic E-state index is 4.60. The predicted molar refractivity (Wildman–Crippen MR) is 168 cm³/mol. The Morgan fingerprint density at radius 3 is 1.29 bits per heavy atom. The van der Waals surface area contributed by atoms with E-state index < -0.39 is 0 Å².